The van der Waals surface area contributed by atoms with Crippen LogP contribution in [0.25, 0.3) is 0 Å². The van der Waals surface area contributed by atoms with Gasteiger partial charge in [0.15, 0.2) is 0 Å². The number of benzene rings is 1. The van der Waals surface area contributed by atoms with Crippen molar-refractivity contribution in [3.05, 3.63) is 29.8 Å². The molecule has 0 aromatic heterocycles. The molecule has 0 unspecified atom stereocenters. The van der Waals surface area contributed by atoms with Crippen LogP contribution in [0.4, 0.5) is 5.69 Å². The Morgan fingerprint density at radius 3 is 2.42 bits per heavy atom. The first-order valence-corrected chi connectivity index (χ1v) is 6.51. The van der Waals surface area contributed by atoms with Gasteiger partial charge in [0.1, 0.15) is 0 Å². The number of nitrogens with one attached hydrogen (secondary N) is 2. The van der Waals surface area contributed by atoms with Crippen LogP contribution in [0.5, 0.6) is 0 Å². The normalized spacial score (nSPS) is 10.7. The minimum Gasteiger partial charge on any atom is -0.326 e. The Labute approximate surface area is 122 Å². The lowest BCUT2D eigenvalue weighted by Gasteiger charge is -2.18. The molecule has 0 spiro atoms. The van der Waals surface area contributed by atoms with Gasteiger partial charge in [0, 0.05) is 18.7 Å². The highest BCUT2D eigenvalue weighted by molar-refractivity contribution is 5.91. The summed E-state index contributed by atoms with van der Waals surface area (Å²) >= 11 is 0. The second-order valence-corrected chi connectivity index (χ2v) is 5.72. The lowest BCUT2D eigenvalue weighted by Crippen LogP contribution is -2.21. The van der Waals surface area contributed by atoms with Crippen molar-refractivity contribution >= 4 is 24.0 Å². The van der Waals surface area contributed by atoms with Crippen molar-refractivity contribution in [3.63, 3.8) is 0 Å². The molecule has 108 valence electrons. The van der Waals surface area contributed by atoms with Gasteiger partial charge in [-0.25, -0.2) is 0 Å². The van der Waals surface area contributed by atoms with Crippen LogP contribution in [0.15, 0.2) is 24.3 Å². The summed E-state index contributed by atoms with van der Waals surface area (Å²) in [5.41, 5.74) is 2.05. The highest BCUT2D eigenvalue weighted by atomic mass is 35.5. The Hall–Kier alpha value is -1.06. The van der Waals surface area contributed by atoms with Crippen LogP contribution in [-0.4, -0.2) is 12.5 Å². The monoisotopic (exact) mass is 284 g/mol. The van der Waals surface area contributed by atoms with Gasteiger partial charge in [-0.3, -0.25) is 4.79 Å². The fraction of sp³-hybridized carbons (Fsp3) is 0.533. The van der Waals surface area contributed by atoms with E-state index in [2.05, 4.69) is 38.3 Å². The zero-order valence-corrected chi connectivity index (χ0v) is 13.1. The van der Waals surface area contributed by atoms with Gasteiger partial charge in [0.2, 0.25) is 5.91 Å². The quantitative estimate of drug-likeness (QED) is 0.867. The van der Waals surface area contributed by atoms with Crippen LogP contribution < -0.4 is 10.6 Å². The van der Waals surface area contributed by atoms with E-state index in [0.29, 0.717) is 6.42 Å². The van der Waals surface area contributed by atoms with E-state index in [1.54, 1.807) is 0 Å². The van der Waals surface area contributed by atoms with E-state index in [9.17, 15) is 4.79 Å². The largest absolute Gasteiger partial charge is 0.326 e. The van der Waals surface area contributed by atoms with Crippen molar-refractivity contribution in [1.82, 2.24) is 5.32 Å². The topological polar surface area (TPSA) is 41.1 Å². The summed E-state index contributed by atoms with van der Waals surface area (Å²) in [4.78, 5) is 11.9. The van der Waals surface area contributed by atoms with Crippen LogP contribution in [0.1, 0.15) is 39.7 Å². The molecular weight excluding hydrogens is 260 g/mol. The van der Waals surface area contributed by atoms with Gasteiger partial charge in [-0.05, 0) is 23.6 Å². The number of rotatable bonds is 5. The van der Waals surface area contributed by atoms with Crippen molar-refractivity contribution < 1.29 is 4.79 Å². The van der Waals surface area contributed by atoms with Gasteiger partial charge in [-0.15, -0.1) is 12.4 Å². The Kier molecular flexibility index (Phi) is 7.72. The molecule has 1 rings (SSSR count). The Morgan fingerprint density at radius 2 is 1.84 bits per heavy atom. The van der Waals surface area contributed by atoms with Gasteiger partial charge in [0.05, 0.1) is 0 Å². The Balaban J connectivity index is 0.00000324. The average molecular weight is 285 g/mol. The van der Waals surface area contributed by atoms with Crippen LogP contribution in [0.2, 0.25) is 0 Å². The molecule has 1 aromatic carbocycles. The van der Waals surface area contributed by atoms with E-state index >= 15 is 0 Å². The molecular formula is C15H25ClN2O. The molecule has 0 saturated carbocycles. The van der Waals surface area contributed by atoms with E-state index in [4.69, 9.17) is 0 Å². The molecule has 1 aromatic rings. The standard InChI is InChI=1S/C15H24N2O.ClH/c1-5-16-11-12-8-6-7-9-13(12)17-14(18)10-15(2,3)4;/h6-9,16H,5,10-11H2,1-4H3,(H,17,18);1H. The van der Waals surface area contributed by atoms with Crippen molar-refractivity contribution in [2.24, 2.45) is 5.41 Å². The van der Waals surface area contributed by atoms with Crippen molar-refractivity contribution in [2.75, 3.05) is 11.9 Å². The summed E-state index contributed by atoms with van der Waals surface area (Å²) in [6.07, 6.45) is 0.530. The Bertz CT molecular complexity index is 399. The van der Waals surface area contributed by atoms with E-state index in [-0.39, 0.29) is 23.7 Å². The molecule has 0 bridgehead atoms. The van der Waals surface area contributed by atoms with E-state index in [0.717, 1.165) is 24.3 Å². The minimum absolute atomic E-state index is 0. The second kappa shape index (κ2) is 8.18. The summed E-state index contributed by atoms with van der Waals surface area (Å²) in [5.74, 6) is 0.0754. The molecule has 4 heteroatoms. The molecule has 19 heavy (non-hydrogen) atoms. The predicted octanol–water partition coefficient (Wildman–Crippen LogP) is 3.59. The van der Waals surface area contributed by atoms with Crippen LogP contribution in [-0.2, 0) is 11.3 Å². The number of para-hydroxylation sites is 1. The highest BCUT2D eigenvalue weighted by Crippen LogP contribution is 2.21. The first kappa shape index (κ1) is 17.9. The van der Waals surface area contributed by atoms with Gasteiger partial charge in [-0.1, -0.05) is 45.9 Å². The molecule has 1 amide bonds. The van der Waals surface area contributed by atoms with Crippen LogP contribution >= 0.6 is 12.4 Å². The van der Waals surface area contributed by atoms with E-state index in [1.807, 2.05) is 24.3 Å². The predicted molar refractivity (Wildman–Crippen MR) is 83.8 cm³/mol. The number of hydrogen-bond donors (Lipinski definition) is 2. The third-order valence-electron chi connectivity index (χ3n) is 2.55. The highest BCUT2D eigenvalue weighted by Gasteiger charge is 2.16. The van der Waals surface area contributed by atoms with Gasteiger partial charge in [-0.2, -0.15) is 0 Å². The first-order valence-electron chi connectivity index (χ1n) is 6.51. The summed E-state index contributed by atoms with van der Waals surface area (Å²) in [7, 11) is 0. The third kappa shape index (κ3) is 7.19. The molecule has 0 atom stereocenters. The van der Waals surface area contributed by atoms with Crippen molar-refractivity contribution in [2.45, 2.75) is 40.7 Å². The third-order valence-corrected chi connectivity index (χ3v) is 2.55. The fourth-order valence-corrected chi connectivity index (χ4v) is 1.73. The SMILES string of the molecule is CCNCc1ccccc1NC(=O)CC(C)(C)C.Cl. The van der Waals surface area contributed by atoms with Gasteiger partial charge < -0.3 is 10.6 Å². The number of carbonyl (C=O) groups excluding carboxylic acids is 1. The summed E-state index contributed by atoms with van der Waals surface area (Å²) in [6, 6.07) is 7.93. The second-order valence-electron chi connectivity index (χ2n) is 5.72. The molecule has 0 radical (unpaired) electrons. The number of hydrogen-bond acceptors (Lipinski definition) is 2. The number of halogens is 1. The van der Waals surface area contributed by atoms with E-state index in [1.165, 1.54) is 0 Å². The summed E-state index contributed by atoms with van der Waals surface area (Å²) in [5, 5.41) is 6.27. The number of amides is 1. The minimum atomic E-state index is 0. The zero-order chi connectivity index (χ0) is 13.6. The molecule has 2 N–H and O–H groups in total. The molecule has 0 saturated heterocycles. The lowest BCUT2D eigenvalue weighted by molar-refractivity contribution is -0.117. The van der Waals surface area contributed by atoms with Crippen LogP contribution in [0, 0.1) is 5.41 Å². The lowest BCUT2D eigenvalue weighted by atomic mass is 9.92. The van der Waals surface area contributed by atoms with Crippen molar-refractivity contribution in [1.29, 1.82) is 0 Å². The van der Waals surface area contributed by atoms with E-state index < -0.39 is 0 Å². The number of anilines is 1. The molecule has 0 heterocycles. The maximum atomic E-state index is 11.9. The number of carbonyl (C=O) groups is 1. The smallest absolute Gasteiger partial charge is 0.224 e. The van der Waals surface area contributed by atoms with Gasteiger partial charge >= 0.3 is 0 Å². The summed E-state index contributed by atoms with van der Waals surface area (Å²) in [6.45, 7) is 9.97. The molecule has 0 aliphatic carbocycles. The van der Waals surface area contributed by atoms with Crippen molar-refractivity contribution in [3.8, 4) is 0 Å². The Morgan fingerprint density at radius 1 is 1.21 bits per heavy atom. The maximum Gasteiger partial charge on any atom is 0.224 e. The zero-order valence-electron chi connectivity index (χ0n) is 12.2. The first-order chi connectivity index (χ1) is 8.42. The fourth-order valence-electron chi connectivity index (χ4n) is 1.73. The molecule has 0 aliphatic rings. The average Bonchev–Trinajstić information content (AvgIpc) is 2.25. The molecule has 3 nitrogen and oxygen atoms in total. The molecule has 0 aliphatic heterocycles. The summed E-state index contributed by atoms with van der Waals surface area (Å²) < 4.78 is 0. The van der Waals surface area contributed by atoms with Gasteiger partial charge in [0.25, 0.3) is 0 Å². The maximum absolute atomic E-state index is 11.9. The molecule has 0 fully saturated rings. The van der Waals surface area contributed by atoms with Crippen LogP contribution in [0.3, 0.4) is 0 Å².